The van der Waals surface area contributed by atoms with E-state index < -0.39 is 0 Å². The topological polar surface area (TPSA) is 12.0 Å². The summed E-state index contributed by atoms with van der Waals surface area (Å²) in [6.07, 6.45) is 3.55. The van der Waals surface area contributed by atoms with Crippen molar-refractivity contribution in [1.82, 2.24) is 5.32 Å². The van der Waals surface area contributed by atoms with Crippen molar-refractivity contribution in [3.8, 4) is 0 Å². The fourth-order valence-corrected chi connectivity index (χ4v) is 2.79. The van der Waals surface area contributed by atoms with Crippen molar-refractivity contribution >= 4 is 0 Å². The molecule has 88 valence electrons. The highest BCUT2D eigenvalue weighted by atomic mass is 19.1. The summed E-state index contributed by atoms with van der Waals surface area (Å²) in [6, 6.07) is 5.78. The first kappa shape index (κ1) is 11.6. The van der Waals surface area contributed by atoms with Gasteiger partial charge in [-0.3, -0.25) is 0 Å². The summed E-state index contributed by atoms with van der Waals surface area (Å²) < 4.78 is 13.2. The summed E-state index contributed by atoms with van der Waals surface area (Å²) >= 11 is 0. The smallest absolute Gasteiger partial charge is 0.123 e. The quantitative estimate of drug-likeness (QED) is 0.825. The molecule has 1 saturated carbocycles. The third-order valence-electron chi connectivity index (χ3n) is 3.61. The highest BCUT2D eigenvalue weighted by Gasteiger charge is 2.26. The van der Waals surface area contributed by atoms with Gasteiger partial charge in [-0.15, -0.1) is 0 Å². The van der Waals surface area contributed by atoms with Gasteiger partial charge in [0.1, 0.15) is 5.82 Å². The third kappa shape index (κ3) is 2.43. The Kier molecular flexibility index (Phi) is 3.59. The molecule has 2 rings (SSSR count). The molecule has 0 saturated heterocycles. The van der Waals surface area contributed by atoms with E-state index in [0.29, 0.717) is 12.0 Å². The predicted molar refractivity (Wildman–Crippen MR) is 65.2 cm³/mol. The van der Waals surface area contributed by atoms with Crippen molar-refractivity contribution in [1.29, 1.82) is 0 Å². The molecule has 1 N–H and O–H groups in total. The predicted octanol–water partition coefficient (Wildman–Crippen LogP) is 3.38. The molecule has 2 heteroatoms. The molecule has 2 unspecified atom stereocenters. The van der Waals surface area contributed by atoms with Crippen LogP contribution in [0.1, 0.15) is 43.2 Å². The van der Waals surface area contributed by atoms with E-state index in [4.69, 9.17) is 0 Å². The number of benzene rings is 1. The van der Waals surface area contributed by atoms with E-state index in [0.717, 1.165) is 13.0 Å². The summed E-state index contributed by atoms with van der Waals surface area (Å²) in [5, 5.41) is 3.48. The van der Waals surface area contributed by atoms with Gasteiger partial charge >= 0.3 is 0 Å². The lowest BCUT2D eigenvalue weighted by atomic mass is 9.93. The Labute approximate surface area is 97.1 Å². The van der Waals surface area contributed by atoms with E-state index in [1.54, 1.807) is 12.1 Å². The lowest BCUT2D eigenvalue weighted by Crippen LogP contribution is -2.25. The van der Waals surface area contributed by atoms with Crippen LogP contribution in [0.4, 0.5) is 4.39 Å². The van der Waals surface area contributed by atoms with E-state index in [-0.39, 0.29) is 5.82 Å². The molecule has 0 aromatic heterocycles. The number of nitrogens with one attached hydrogen (secondary N) is 1. The summed E-state index contributed by atoms with van der Waals surface area (Å²) in [6.45, 7) is 5.25. The van der Waals surface area contributed by atoms with Gasteiger partial charge in [-0.25, -0.2) is 4.39 Å². The van der Waals surface area contributed by atoms with Crippen LogP contribution >= 0.6 is 0 Å². The minimum Gasteiger partial charge on any atom is -0.314 e. The van der Waals surface area contributed by atoms with Crippen molar-refractivity contribution in [3.05, 3.63) is 35.1 Å². The Morgan fingerprint density at radius 3 is 2.94 bits per heavy atom. The van der Waals surface area contributed by atoms with Crippen molar-refractivity contribution in [2.45, 2.75) is 45.1 Å². The second-order valence-corrected chi connectivity index (χ2v) is 4.77. The zero-order valence-corrected chi connectivity index (χ0v) is 10.1. The molecule has 16 heavy (non-hydrogen) atoms. The molecule has 0 heterocycles. The van der Waals surface area contributed by atoms with Crippen LogP contribution in [0.15, 0.2) is 18.2 Å². The normalized spacial score (nSPS) is 24.9. The molecule has 1 aliphatic carbocycles. The average Bonchev–Trinajstić information content (AvgIpc) is 2.71. The first-order valence-corrected chi connectivity index (χ1v) is 6.20. The maximum absolute atomic E-state index is 13.2. The molecule has 0 bridgehead atoms. The second kappa shape index (κ2) is 4.96. The summed E-state index contributed by atoms with van der Waals surface area (Å²) in [4.78, 5) is 0. The van der Waals surface area contributed by atoms with E-state index in [9.17, 15) is 4.39 Å². The van der Waals surface area contributed by atoms with Crippen molar-refractivity contribution in [2.75, 3.05) is 6.54 Å². The monoisotopic (exact) mass is 221 g/mol. The van der Waals surface area contributed by atoms with Gasteiger partial charge in [0, 0.05) is 6.04 Å². The highest BCUT2D eigenvalue weighted by Crippen LogP contribution is 2.36. The fourth-order valence-electron chi connectivity index (χ4n) is 2.79. The maximum atomic E-state index is 13.2. The van der Waals surface area contributed by atoms with Gasteiger partial charge in [0.25, 0.3) is 0 Å². The maximum Gasteiger partial charge on any atom is 0.123 e. The zero-order valence-electron chi connectivity index (χ0n) is 10.1. The molecule has 2 atom stereocenters. The van der Waals surface area contributed by atoms with Gasteiger partial charge < -0.3 is 5.32 Å². The molecule has 0 amide bonds. The molecule has 1 aliphatic rings. The molecule has 0 spiro atoms. The Hall–Kier alpha value is -0.890. The van der Waals surface area contributed by atoms with E-state index in [1.165, 1.54) is 24.0 Å². The molecule has 1 aromatic rings. The van der Waals surface area contributed by atoms with Gasteiger partial charge in [0.2, 0.25) is 0 Å². The van der Waals surface area contributed by atoms with Crippen LogP contribution in [-0.2, 0) is 0 Å². The molecular formula is C14H20FN. The third-order valence-corrected chi connectivity index (χ3v) is 3.61. The minimum absolute atomic E-state index is 0.104. The number of hydrogen-bond acceptors (Lipinski definition) is 1. The van der Waals surface area contributed by atoms with E-state index >= 15 is 0 Å². The van der Waals surface area contributed by atoms with Gasteiger partial charge in [-0.1, -0.05) is 13.0 Å². The highest BCUT2D eigenvalue weighted by molar-refractivity contribution is 5.30. The molecule has 1 fully saturated rings. The fraction of sp³-hybridized carbons (Fsp3) is 0.571. The number of halogens is 1. The number of hydrogen-bond donors (Lipinski definition) is 1. The van der Waals surface area contributed by atoms with Crippen LogP contribution in [-0.4, -0.2) is 12.6 Å². The van der Waals surface area contributed by atoms with Gasteiger partial charge in [0.15, 0.2) is 0 Å². The second-order valence-electron chi connectivity index (χ2n) is 4.77. The van der Waals surface area contributed by atoms with Crippen LogP contribution < -0.4 is 5.32 Å². The van der Waals surface area contributed by atoms with Gasteiger partial charge in [-0.2, -0.15) is 0 Å². The Bertz CT molecular complexity index is 362. The first-order chi connectivity index (χ1) is 7.70. The Morgan fingerprint density at radius 2 is 2.19 bits per heavy atom. The van der Waals surface area contributed by atoms with Crippen molar-refractivity contribution in [3.63, 3.8) is 0 Å². The van der Waals surface area contributed by atoms with Crippen LogP contribution in [0, 0.1) is 12.7 Å². The number of rotatable bonds is 3. The summed E-state index contributed by atoms with van der Waals surface area (Å²) in [5.41, 5.74) is 2.43. The Balaban J connectivity index is 2.11. The molecule has 0 aliphatic heterocycles. The SMILES string of the molecule is CCNC1CCC(c2cc(F)ccc2C)C1. The van der Waals surface area contributed by atoms with Gasteiger partial charge in [-0.05, 0) is 61.9 Å². The summed E-state index contributed by atoms with van der Waals surface area (Å²) in [5.74, 6) is 0.437. The molecular weight excluding hydrogens is 201 g/mol. The minimum atomic E-state index is -0.104. The van der Waals surface area contributed by atoms with Crippen LogP contribution in [0.3, 0.4) is 0 Å². The van der Waals surface area contributed by atoms with Crippen molar-refractivity contribution < 1.29 is 4.39 Å². The standard InChI is InChI=1S/C14H20FN/c1-3-16-13-7-5-11(8-13)14-9-12(15)6-4-10(14)2/h4,6,9,11,13,16H,3,5,7-8H2,1-2H3. The van der Waals surface area contributed by atoms with Crippen LogP contribution in [0.5, 0.6) is 0 Å². The molecule has 0 radical (unpaired) electrons. The average molecular weight is 221 g/mol. The Morgan fingerprint density at radius 1 is 1.38 bits per heavy atom. The van der Waals surface area contributed by atoms with Crippen LogP contribution in [0.25, 0.3) is 0 Å². The van der Waals surface area contributed by atoms with Crippen LogP contribution in [0.2, 0.25) is 0 Å². The number of aryl methyl sites for hydroxylation is 1. The summed E-state index contributed by atoms with van der Waals surface area (Å²) in [7, 11) is 0. The first-order valence-electron chi connectivity index (χ1n) is 6.20. The lowest BCUT2D eigenvalue weighted by Gasteiger charge is -2.14. The molecule has 1 nitrogen and oxygen atoms in total. The van der Waals surface area contributed by atoms with Gasteiger partial charge in [0.05, 0.1) is 0 Å². The largest absolute Gasteiger partial charge is 0.314 e. The van der Waals surface area contributed by atoms with E-state index in [2.05, 4.69) is 19.2 Å². The van der Waals surface area contributed by atoms with E-state index in [1.807, 2.05) is 6.07 Å². The molecule has 1 aromatic carbocycles. The van der Waals surface area contributed by atoms with Crippen molar-refractivity contribution in [2.24, 2.45) is 0 Å². The lowest BCUT2D eigenvalue weighted by molar-refractivity contribution is 0.534. The zero-order chi connectivity index (χ0) is 11.5.